The summed E-state index contributed by atoms with van der Waals surface area (Å²) in [5.74, 6) is 0.0121. The summed E-state index contributed by atoms with van der Waals surface area (Å²) in [6.45, 7) is 6.95. The van der Waals surface area contributed by atoms with E-state index in [1.54, 1.807) is 38.1 Å². The van der Waals surface area contributed by atoms with Crippen molar-refractivity contribution in [1.29, 1.82) is 0 Å². The number of hydrogen-bond acceptors (Lipinski definition) is 5. The molecule has 3 rings (SSSR count). The van der Waals surface area contributed by atoms with Crippen LogP contribution in [-0.2, 0) is 15.8 Å². The van der Waals surface area contributed by atoms with Crippen molar-refractivity contribution in [3.8, 4) is 0 Å². The standard InChI is InChI=1S/C9H13NO.C8H9NO.C4H8O.CH3.HI.Mg.H2O/c1-9(2,11)7-5-3-4-6-8(7)10;1-6(10)7-4-2-3-5-8(7)9;1-2-4-5-3-1;;;;/h3-6,11H,10H2,1-2H3;2-5H,9H2,1H3;1-4H2;1H3;1H;;1H2/q;;;-1;;+2;. The fraction of sp³-hybridized carbons (Fsp3) is 0.364. The number of ketones is 1. The minimum atomic E-state index is -0.842. The van der Waals surface area contributed by atoms with Crippen LogP contribution in [0.3, 0.4) is 0 Å². The molecule has 0 aromatic heterocycles. The van der Waals surface area contributed by atoms with E-state index < -0.39 is 5.60 Å². The number of Topliss-reactive ketones (excluding diaryl/α,β-unsaturated/α-hetero) is 1. The molecule has 0 radical (unpaired) electrons. The maximum atomic E-state index is 10.8. The quantitative estimate of drug-likeness (QED) is 0.122. The van der Waals surface area contributed by atoms with Crippen molar-refractivity contribution in [1.82, 2.24) is 0 Å². The van der Waals surface area contributed by atoms with E-state index in [1.807, 2.05) is 24.3 Å². The Labute approximate surface area is 214 Å². The molecule has 8 heteroatoms. The number of nitrogen functional groups attached to an aromatic ring is 2. The number of rotatable bonds is 2. The zero-order valence-electron chi connectivity index (χ0n) is 18.5. The molecule has 1 heterocycles. The van der Waals surface area contributed by atoms with E-state index >= 15 is 0 Å². The summed E-state index contributed by atoms with van der Waals surface area (Å²) in [6, 6.07) is 14.4. The van der Waals surface area contributed by atoms with E-state index in [2.05, 4.69) is 0 Å². The third kappa shape index (κ3) is 14.2. The molecule has 8 N–H and O–H groups in total. The summed E-state index contributed by atoms with van der Waals surface area (Å²) in [6.07, 6.45) is 2.56. The molecule has 1 saturated heterocycles. The summed E-state index contributed by atoms with van der Waals surface area (Å²) in [4.78, 5) is 10.8. The predicted molar refractivity (Wildman–Crippen MR) is 124 cm³/mol. The Morgan fingerprint density at radius 2 is 1.40 bits per heavy atom. The molecule has 0 spiro atoms. The SMILES string of the molecule is C1CCOC1.CC(=O)c1ccccc1N.CC(C)(O)c1ccccc1N.[CH3-].[I-].[Mg+2].[OH3+]. The van der Waals surface area contributed by atoms with Gasteiger partial charge < -0.3 is 58.2 Å². The molecule has 2 aromatic rings. The number of para-hydroxylation sites is 2. The first-order valence-corrected chi connectivity index (χ1v) is 8.74. The molecular formula is C22H36IMgN2O4+. The number of benzene rings is 2. The van der Waals surface area contributed by atoms with Crippen LogP contribution >= 0.6 is 0 Å². The van der Waals surface area contributed by atoms with E-state index in [9.17, 15) is 9.90 Å². The van der Waals surface area contributed by atoms with Gasteiger partial charge in [-0.05, 0) is 51.8 Å². The normalized spacial score (nSPS) is 11.3. The summed E-state index contributed by atoms with van der Waals surface area (Å²) < 4.78 is 4.94. The van der Waals surface area contributed by atoms with Gasteiger partial charge >= 0.3 is 23.1 Å². The topological polar surface area (TPSA) is 132 Å². The van der Waals surface area contributed by atoms with E-state index in [0.29, 0.717) is 16.9 Å². The fourth-order valence-corrected chi connectivity index (χ4v) is 2.38. The third-order valence-electron chi connectivity index (χ3n) is 3.79. The smallest absolute Gasteiger partial charge is 1.00 e. The van der Waals surface area contributed by atoms with Crippen LogP contribution in [-0.4, -0.2) is 47.2 Å². The summed E-state index contributed by atoms with van der Waals surface area (Å²) in [7, 11) is 0. The zero-order valence-corrected chi connectivity index (χ0v) is 22.1. The summed E-state index contributed by atoms with van der Waals surface area (Å²) >= 11 is 0. The second-order valence-electron chi connectivity index (χ2n) is 6.61. The zero-order chi connectivity index (χ0) is 19.6. The molecule has 0 bridgehead atoms. The van der Waals surface area contributed by atoms with Crippen molar-refractivity contribution in [2.75, 3.05) is 24.7 Å². The van der Waals surface area contributed by atoms with Gasteiger partial charge in [-0.3, -0.25) is 4.79 Å². The van der Waals surface area contributed by atoms with Gasteiger partial charge in [-0.2, -0.15) is 0 Å². The van der Waals surface area contributed by atoms with Crippen LogP contribution < -0.4 is 35.4 Å². The molecule has 0 amide bonds. The average Bonchev–Trinajstić information content (AvgIpc) is 3.15. The molecule has 1 aliphatic rings. The average molecular weight is 544 g/mol. The molecule has 1 fully saturated rings. The van der Waals surface area contributed by atoms with E-state index in [0.717, 1.165) is 18.8 Å². The van der Waals surface area contributed by atoms with Crippen LogP contribution in [0.15, 0.2) is 48.5 Å². The van der Waals surface area contributed by atoms with Gasteiger partial charge in [0.05, 0.1) is 5.60 Å². The number of anilines is 2. The predicted octanol–water partition coefficient (Wildman–Crippen LogP) is -0.0840. The van der Waals surface area contributed by atoms with Gasteiger partial charge in [0.2, 0.25) is 0 Å². The van der Waals surface area contributed by atoms with Crippen LogP contribution in [0, 0.1) is 7.43 Å². The first kappa shape index (κ1) is 36.5. The molecule has 2 aromatic carbocycles. The van der Waals surface area contributed by atoms with Crippen LogP contribution in [0.5, 0.6) is 0 Å². The Bertz CT molecular complexity index is 698. The summed E-state index contributed by atoms with van der Waals surface area (Å²) in [5, 5.41) is 9.59. The van der Waals surface area contributed by atoms with Crippen molar-refractivity contribution >= 4 is 40.2 Å². The monoisotopic (exact) mass is 543 g/mol. The molecule has 166 valence electrons. The molecule has 0 atom stereocenters. The minimum absolute atomic E-state index is 0. The molecule has 0 saturated carbocycles. The summed E-state index contributed by atoms with van der Waals surface area (Å²) in [5.41, 5.74) is 12.9. The Morgan fingerprint density at radius 3 is 1.67 bits per heavy atom. The van der Waals surface area contributed by atoms with Gasteiger partial charge in [0.15, 0.2) is 5.78 Å². The maximum Gasteiger partial charge on any atom is 2.00 e. The number of carbonyl (C=O) groups is 1. The van der Waals surface area contributed by atoms with Gasteiger partial charge in [-0.15, -0.1) is 0 Å². The van der Waals surface area contributed by atoms with E-state index in [-0.39, 0.29) is 65.7 Å². The number of hydrogen-bond donors (Lipinski definition) is 3. The van der Waals surface area contributed by atoms with Crippen molar-refractivity contribution in [3.05, 3.63) is 67.1 Å². The number of ether oxygens (including phenoxy) is 1. The van der Waals surface area contributed by atoms with Crippen LogP contribution in [0.4, 0.5) is 11.4 Å². The number of carbonyl (C=O) groups excluding carboxylic acids is 1. The van der Waals surface area contributed by atoms with Gasteiger partial charge in [0, 0.05) is 35.7 Å². The minimum Gasteiger partial charge on any atom is -1.00 e. The molecular weight excluding hydrogens is 507 g/mol. The Balaban J connectivity index is -0.000000166. The van der Waals surface area contributed by atoms with Crippen molar-refractivity contribution in [2.45, 2.75) is 39.2 Å². The van der Waals surface area contributed by atoms with Crippen molar-refractivity contribution in [2.24, 2.45) is 0 Å². The maximum absolute atomic E-state index is 10.8. The van der Waals surface area contributed by atoms with Gasteiger partial charge in [-0.25, -0.2) is 0 Å². The van der Waals surface area contributed by atoms with Crippen molar-refractivity contribution in [3.63, 3.8) is 0 Å². The Kier molecular flexibility index (Phi) is 22.9. The molecule has 0 aliphatic carbocycles. The van der Waals surface area contributed by atoms with Gasteiger partial charge in [0.1, 0.15) is 0 Å². The van der Waals surface area contributed by atoms with Gasteiger partial charge in [-0.1, -0.05) is 30.3 Å². The van der Waals surface area contributed by atoms with Crippen LogP contribution in [0.25, 0.3) is 0 Å². The number of aliphatic hydroxyl groups is 1. The largest absolute Gasteiger partial charge is 2.00 e. The first-order chi connectivity index (χ1) is 12.2. The van der Waals surface area contributed by atoms with Gasteiger partial charge in [0.25, 0.3) is 0 Å². The van der Waals surface area contributed by atoms with Crippen LogP contribution in [0.1, 0.15) is 49.5 Å². The van der Waals surface area contributed by atoms with E-state index in [1.165, 1.54) is 19.8 Å². The first-order valence-electron chi connectivity index (χ1n) is 8.74. The second-order valence-corrected chi connectivity index (χ2v) is 6.61. The molecule has 6 nitrogen and oxygen atoms in total. The number of nitrogens with two attached hydrogens (primary N) is 2. The number of halogens is 1. The molecule has 30 heavy (non-hydrogen) atoms. The Hall–Kier alpha value is -0.914. The van der Waals surface area contributed by atoms with E-state index in [4.69, 9.17) is 16.2 Å². The molecule has 1 aliphatic heterocycles. The van der Waals surface area contributed by atoms with Crippen molar-refractivity contribution < 1.29 is 44.1 Å². The second kappa shape index (κ2) is 18.8. The third-order valence-corrected chi connectivity index (χ3v) is 3.79. The Morgan fingerprint density at radius 1 is 0.967 bits per heavy atom. The fourth-order valence-electron chi connectivity index (χ4n) is 2.38. The molecule has 0 unspecified atom stereocenters. The van der Waals surface area contributed by atoms with Crippen LogP contribution in [0.2, 0.25) is 0 Å².